The number of aliphatic hydroxyl groups is 1. The lowest BCUT2D eigenvalue weighted by Gasteiger charge is -2.16. The van der Waals surface area contributed by atoms with Crippen LogP contribution in [0.2, 0.25) is 20.1 Å². The Kier molecular flexibility index (Phi) is 5.96. The molecule has 134 valence electrons. The smallest absolute Gasteiger partial charge is 0.187 e. The van der Waals surface area contributed by atoms with Gasteiger partial charge in [0.05, 0.1) is 10.0 Å². The molecule has 0 spiro atoms. The van der Waals surface area contributed by atoms with Crippen LogP contribution in [-0.4, -0.2) is 9.67 Å². The highest BCUT2D eigenvalue weighted by Crippen LogP contribution is 2.33. The number of aromatic nitrogens is 1. The van der Waals surface area contributed by atoms with Gasteiger partial charge in [-0.05, 0) is 29.8 Å². The summed E-state index contributed by atoms with van der Waals surface area (Å²) in [5.41, 5.74) is 1.08. The van der Waals surface area contributed by atoms with Gasteiger partial charge in [-0.15, -0.1) is 0 Å². The largest absolute Gasteiger partial charge is 0.383 e. The summed E-state index contributed by atoms with van der Waals surface area (Å²) < 4.78 is 1.77. The van der Waals surface area contributed by atoms with E-state index in [4.69, 9.17) is 46.4 Å². The molecule has 1 heterocycles. The fourth-order valence-electron chi connectivity index (χ4n) is 2.62. The molecule has 3 rings (SSSR count). The van der Waals surface area contributed by atoms with Crippen LogP contribution in [0.4, 0.5) is 0 Å². The molecule has 0 amide bonds. The second kappa shape index (κ2) is 8.03. The number of pyridine rings is 1. The molecule has 3 aromatic rings. The minimum absolute atomic E-state index is 0.183. The lowest BCUT2D eigenvalue weighted by molar-refractivity contribution is 0.218. The molecule has 26 heavy (non-hydrogen) atoms. The Bertz CT molecular complexity index is 996. The van der Waals surface area contributed by atoms with Gasteiger partial charge in [-0.3, -0.25) is 4.79 Å². The first kappa shape index (κ1) is 19.3. The summed E-state index contributed by atoms with van der Waals surface area (Å²) in [6, 6.07) is 11.6. The van der Waals surface area contributed by atoms with Crippen LogP contribution < -0.4 is 5.43 Å². The van der Waals surface area contributed by atoms with E-state index in [9.17, 15) is 9.90 Å². The Labute approximate surface area is 170 Å². The third-order valence-corrected chi connectivity index (χ3v) is 5.32. The first-order valence-corrected chi connectivity index (χ1v) is 9.14. The normalized spacial score (nSPS) is 12.2. The van der Waals surface area contributed by atoms with Gasteiger partial charge in [0.1, 0.15) is 6.10 Å². The van der Waals surface area contributed by atoms with E-state index in [1.165, 1.54) is 6.07 Å². The average molecular weight is 429 g/mol. The molecule has 1 aromatic heterocycles. The van der Waals surface area contributed by atoms with E-state index < -0.39 is 6.10 Å². The third kappa shape index (κ3) is 4.08. The van der Waals surface area contributed by atoms with Crippen molar-refractivity contribution in [1.29, 1.82) is 0 Å². The van der Waals surface area contributed by atoms with Crippen molar-refractivity contribution in [2.45, 2.75) is 12.6 Å². The minimum Gasteiger partial charge on any atom is -0.383 e. The van der Waals surface area contributed by atoms with Crippen molar-refractivity contribution in [2.75, 3.05) is 0 Å². The number of hydrogen-bond acceptors (Lipinski definition) is 2. The predicted molar refractivity (Wildman–Crippen MR) is 107 cm³/mol. The molecule has 0 aliphatic carbocycles. The van der Waals surface area contributed by atoms with Crippen molar-refractivity contribution < 1.29 is 5.11 Å². The Hall–Kier alpha value is -1.49. The second-order valence-corrected chi connectivity index (χ2v) is 7.35. The molecule has 2 aromatic carbocycles. The lowest BCUT2D eigenvalue weighted by atomic mass is 10.0. The van der Waals surface area contributed by atoms with E-state index in [0.29, 0.717) is 32.2 Å². The van der Waals surface area contributed by atoms with Crippen molar-refractivity contribution in [1.82, 2.24) is 4.57 Å². The molecule has 0 bridgehead atoms. The number of halogens is 4. The molecule has 3 nitrogen and oxygen atoms in total. The number of rotatable bonds is 4. The van der Waals surface area contributed by atoms with Crippen LogP contribution in [0.1, 0.15) is 22.8 Å². The Morgan fingerprint density at radius 2 is 1.62 bits per heavy atom. The minimum atomic E-state index is -1.23. The molecule has 0 fully saturated rings. The summed E-state index contributed by atoms with van der Waals surface area (Å²) in [4.78, 5) is 12.3. The van der Waals surface area contributed by atoms with Gasteiger partial charge in [0.25, 0.3) is 0 Å². The molecule has 0 saturated heterocycles. The zero-order chi connectivity index (χ0) is 18.8. The topological polar surface area (TPSA) is 42.2 Å². The van der Waals surface area contributed by atoms with Gasteiger partial charge in [0.15, 0.2) is 5.43 Å². The van der Waals surface area contributed by atoms with E-state index in [-0.39, 0.29) is 11.0 Å². The molecule has 0 saturated carbocycles. The predicted octanol–water partition coefficient (Wildman–Crippen LogP) is 5.59. The van der Waals surface area contributed by atoms with Crippen molar-refractivity contribution >= 4 is 46.4 Å². The van der Waals surface area contributed by atoms with Gasteiger partial charge in [0.2, 0.25) is 0 Å². The maximum absolute atomic E-state index is 12.3. The molecule has 0 aliphatic rings. The summed E-state index contributed by atoms with van der Waals surface area (Å²) in [6.45, 7) is 0.452. The molecular weight excluding hydrogens is 416 g/mol. The summed E-state index contributed by atoms with van der Waals surface area (Å²) in [6.07, 6.45) is 1.98. The first-order valence-electron chi connectivity index (χ1n) is 7.62. The highest BCUT2D eigenvalue weighted by Gasteiger charge is 2.20. The molecular formula is C19H13Cl4NO2. The van der Waals surface area contributed by atoms with Crippen LogP contribution in [0.3, 0.4) is 0 Å². The van der Waals surface area contributed by atoms with Crippen LogP contribution in [0, 0.1) is 0 Å². The van der Waals surface area contributed by atoms with Gasteiger partial charge < -0.3 is 9.67 Å². The highest BCUT2D eigenvalue weighted by atomic mass is 35.5. The zero-order valence-corrected chi connectivity index (χ0v) is 16.3. The summed E-state index contributed by atoms with van der Waals surface area (Å²) in [5.74, 6) is 0. The molecule has 0 aliphatic heterocycles. The fourth-order valence-corrected chi connectivity index (χ4v) is 3.55. The first-order chi connectivity index (χ1) is 12.4. The Morgan fingerprint density at radius 1 is 0.923 bits per heavy atom. The number of nitrogens with zero attached hydrogens (tertiary/aromatic N) is 1. The van der Waals surface area contributed by atoms with Gasteiger partial charge in [-0.1, -0.05) is 58.5 Å². The van der Waals surface area contributed by atoms with Crippen LogP contribution in [0.25, 0.3) is 0 Å². The van der Waals surface area contributed by atoms with Crippen LogP contribution in [0.15, 0.2) is 59.7 Å². The van der Waals surface area contributed by atoms with E-state index in [1.54, 1.807) is 47.3 Å². The SMILES string of the molecule is O=c1ccn(Cc2ccc(Cl)c(Cl)c2)cc1C(O)c1c(Cl)cccc1Cl. The number of hydrogen-bond donors (Lipinski definition) is 1. The van der Waals surface area contributed by atoms with E-state index in [0.717, 1.165) is 5.56 Å². The molecule has 0 radical (unpaired) electrons. The van der Waals surface area contributed by atoms with Crippen LogP contribution in [0.5, 0.6) is 0 Å². The Morgan fingerprint density at radius 3 is 2.27 bits per heavy atom. The van der Waals surface area contributed by atoms with Gasteiger partial charge in [-0.2, -0.15) is 0 Å². The average Bonchev–Trinajstić information content (AvgIpc) is 2.59. The standard InChI is InChI=1S/C19H13Cl4NO2/c20-13-5-4-11(8-16(13)23)9-24-7-6-17(25)12(10-24)19(26)18-14(21)2-1-3-15(18)22/h1-8,10,19,26H,9H2. The zero-order valence-electron chi connectivity index (χ0n) is 13.3. The monoisotopic (exact) mass is 427 g/mol. The summed E-state index contributed by atoms with van der Waals surface area (Å²) in [5, 5.41) is 12.2. The second-order valence-electron chi connectivity index (χ2n) is 5.72. The number of aliphatic hydroxyl groups excluding tert-OH is 1. The van der Waals surface area contributed by atoms with Crippen LogP contribution >= 0.6 is 46.4 Å². The fraction of sp³-hybridized carbons (Fsp3) is 0.105. The van der Waals surface area contributed by atoms with E-state index in [1.807, 2.05) is 6.07 Å². The van der Waals surface area contributed by atoms with Gasteiger partial charge in [-0.25, -0.2) is 0 Å². The van der Waals surface area contributed by atoms with Crippen molar-refractivity contribution in [3.63, 3.8) is 0 Å². The third-order valence-electron chi connectivity index (χ3n) is 3.92. The van der Waals surface area contributed by atoms with Gasteiger partial charge in [0, 0.05) is 46.2 Å². The summed E-state index contributed by atoms with van der Waals surface area (Å²) >= 11 is 24.3. The molecule has 1 N–H and O–H groups in total. The molecule has 7 heteroatoms. The van der Waals surface area contributed by atoms with Crippen LogP contribution in [-0.2, 0) is 6.54 Å². The maximum atomic E-state index is 12.3. The van der Waals surface area contributed by atoms with Crippen molar-refractivity contribution in [3.8, 4) is 0 Å². The molecule has 1 unspecified atom stereocenters. The highest BCUT2D eigenvalue weighted by molar-refractivity contribution is 6.42. The lowest BCUT2D eigenvalue weighted by Crippen LogP contribution is -2.17. The Balaban J connectivity index is 1.97. The van der Waals surface area contributed by atoms with Crippen molar-refractivity contribution in [2.24, 2.45) is 0 Å². The van der Waals surface area contributed by atoms with E-state index >= 15 is 0 Å². The molecule has 1 atom stereocenters. The number of benzene rings is 2. The van der Waals surface area contributed by atoms with Gasteiger partial charge >= 0.3 is 0 Å². The van der Waals surface area contributed by atoms with Crippen molar-refractivity contribution in [3.05, 3.63) is 102 Å². The van der Waals surface area contributed by atoms with E-state index in [2.05, 4.69) is 0 Å². The quantitative estimate of drug-likeness (QED) is 0.588. The maximum Gasteiger partial charge on any atom is 0.187 e. The summed E-state index contributed by atoms with van der Waals surface area (Å²) in [7, 11) is 0.